The zero-order chi connectivity index (χ0) is 13.0. The molecule has 0 aliphatic heterocycles. The summed E-state index contributed by atoms with van der Waals surface area (Å²) in [6.45, 7) is 2.79. The average Bonchev–Trinajstić information content (AvgIpc) is 2.79. The van der Waals surface area contributed by atoms with Gasteiger partial charge in [0.1, 0.15) is 12.2 Å². The highest BCUT2D eigenvalue weighted by Crippen LogP contribution is 2.13. The summed E-state index contributed by atoms with van der Waals surface area (Å²) >= 11 is 3.40. The molecule has 0 aliphatic carbocycles. The lowest BCUT2D eigenvalue weighted by atomic mass is 10.1. The van der Waals surface area contributed by atoms with Crippen molar-refractivity contribution in [3.05, 3.63) is 46.5 Å². The molecule has 2 rings (SSSR count). The Morgan fingerprint density at radius 3 is 2.67 bits per heavy atom. The average molecular weight is 310 g/mol. The molecule has 0 saturated heterocycles. The van der Waals surface area contributed by atoms with Crippen LogP contribution in [0.1, 0.15) is 18.3 Å². The third kappa shape index (κ3) is 3.40. The van der Waals surface area contributed by atoms with Crippen LogP contribution >= 0.6 is 15.9 Å². The highest BCUT2D eigenvalue weighted by atomic mass is 79.9. The third-order valence-electron chi connectivity index (χ3n) is 2.80. The third-order valence-corrected chi connectivity index (χ3v) is 3.33. The smallest absolute Gasteiger partial charge is 0.138 e. The molecule has 0 spiro atoms. The highest BCUT2D eigenvalue weighted by Gasteiger charge is 2.11. The summed E-state index contributed by atoms with van der Waals surface area (Å²) in [5.74, 6) is 0.835. The van der Waals surface area contributed by atoms with Gasteiger partial charge in [0.2, 0.25) is 0 Å². The van der Waals surface area contributed by atoms with Crippen LogP contribution in [0.3, 0.4) is 0 Å². The van der Waals surface area contributed by atoms with Crippen molar-refractivity contribution >= 4 is 15.9 Å². The van der Waals surface area contributed by atoms with E-state index in [9.17, 15) is 5.11 Å². The Bertz CT molecular complexity index is 495. The quantitative estimate of drug-likeness (QED) is 0.921. The van der Waals surface area contributed by atoms with E-state index in [1.54, 1.807) is 0 Å². The van der Waals surface area contributed by atoms with Gasteiger partial charge in [0.25, 0.3) is 0 Å². The van der Waals surface area contributed by atoms with Gasteiger partial charge >= 0.3 is 0 Å². The minimum absolute atomic E-state index is 0.430. The second kappa shape index (κ2) is 6.11. The maximum absolute atomic E-state index is 10.1. The van der Waals surface area contributed by atoms with Gasteiger partial charge in [0, 0.05) is 17.4 Å². The summed E-state index contributed by atoms with van der Waals surface area (Å²) in [7, 11) is 0. The zero-order valence-corrected chi connectivity index (χ0v) is 11.8. The van der Waals surface area contributed by atoms with Crippen molar-refractivity contribution in [2.75, 3.05) is 0 Å². The summed E-state index contributed by atoms with van der Waals surface area (Å²) in [4.78, 5) is 4.17. The predicted molar refractivity (Wildman–Crippen MR) is 73.3 cm³/mol. The van der Waals surface area contributed by atoms with Gasteiger partial charge in [-0.25, -0.2) is 4.98 Å². The first-order chi connectivity index (χ1) is 8.69. The first-order valence-corrected chi connectivity index (χ1v) is 6.77. The Balaban J connectivity index is 1.96. The molecule has 0 aliphatic rings. The van der Waals surface area contributed by atoms with Gasteiger partial charge in [0.15, 0.2) is 0 Å². The number of nitrogens with zero attached hydrogens (tertiary/aromatic N) is 3. The molecule has 1 heterocycles. The molecule has 1 unspecified atom stereocenters. The van der Waals surface area contributed by atoms with Crippen molar-refractivity contribution in [2.24, 2.45) is 0 Å². The fourth-order valence-electron chi connectivity index (χ4n) is 1.89. The Morgan fingerprint density at radius 2 is 2.00 bits per heavy atom. The van der Waals surface area contributed by atoms with Crippen molar-refractivity contribution < 1.29 is 5.11 Å². The van der Waals surface area contributed by atoms with E-state index in [1.165, 1.54) is 6.33 Å². The monoisotopic (exact) mass is 309 g/mol. The fourth-order valence-corrected chi connectivity index (χ4v) is 2.15. The minimum Gasteiger partial charge on any atom is -0.392 e. The SMILES string of the molecule is CCn1ncnc1CC(O)Cc1ccc(Br)cc1. The molecule has 0 amide bonds. The summed E-state index contributed by atoms with van der Waals surface area (Å²) in [5.41, 5.74) is 1.12. The van der Waals surface area contributed by atoms with Crippen LogP contribution in [-0.4, -0.2) is 26.0 Å². The second-order valence-corrected chi connectivity index (χ2v) is 5.10. The number of aryl methyl sites for hydroxylation is 1. The first kappa shape index (κ1) is 13.2. The Kier molecular flexibility index (Phi) is 4.49. The van der Waals surface area contributed by atoms with E-state index < -0.39 is 6.10 Å². The summed E-state index contributed by atoms with van der Waals surface area (Å²) < 4.78 is 2.86. The number of benzene rings is 1. The topological polar surface area (TPSA) is 50.9 Å². The molecule has 1 aromatic carbocycles. The van der Waals surface area contributed by atoms with Crippen molar-refractivity contribution in [1.82, 2.24) is 14.8 Å². The van der Waals surface area contributed by atoms with Crippen LogP contribution in [0.25, 0.3) is 0 Å². The maximum atomic E-state index is 10.1. The molecular formula is C13H16BrN3O. The van der Waals surface area contributed by atoms with Gasteiger partial charge in [0.05, 0.1) is 6.10 Å². The molecule has 4 nitrogen and oxygen atoms in total. The van der Waals surface area contributed by atoms with E-state index in [4.69, 9.17) is 0 Å². The fraction of sp³-hybridized carbons (Fsp3) is 0.385. The Labute approximate surface area is 115 Å². The largest absolute Gasteiger partial charge is 0.392 e. The maximum Gasteiger partial charge on any atom is 0.138 e. The van der Waals surface area contributed by atoms with Gasteiger partial charge in [-0.15, -0.1) is 0 Å². The van der Waals surface area contributed by atoms with Crippen molar-refractivity contribution in [1.29, 1.82) is 0 Å². The minimum atomic E-state index is -0.430. The van der Waals surface area contributed by atoms with Crippen molar-refractivity contribution in [3.63, 3.8) is 0 Å². The van der Waals surface area contributed by atoms with E-state index in [2.05, 4.69) is 26.0 Å². The van der Waals surface area contributed by atoms with Gasteiger partial charge in [-0.2, -0.15) is 5.10 Å². The van der Waals surface area contributed by atoms with Gasteiger partial charge < -0.3 is 5.11 Å². The summed E-state index contributed by atoms with van der Waals surface area (Å²) in [5, 5.41) is 14.2. The van der Waals surface area contributed by atoms with Crippen LogP contribution in [-0.2, 0) is 19.4 Å². The number of halogens is 1. The van der Waals surface area contributed by atoms with Crippen LogP contribution < -0.4 is 0 Å². The molecule has 0 fully saturated rings. The molecule has 1 atom stereocenters. The van der Waals surface area contributed by atoms with Crippen molar-refractivity contribution in [2.45, 2.75) is 32.4 Å². The van der Waals surface area contributed by atoms with Crippen molar-refractivity contribution in [3.8, 4) is 0 Å². The second-order valence-electron chi connectivity index (χ2n) is 4.18. The van der Waals surface area contributed by atoms with Gasteiger partial charge in [-0.3, -0.25) is 4.68 Å². The first-order valence-electron chi connectivity index (χ1n) is 5.98. The van der Waals surface area contributed by atoms with Crippen LogP contribution in [0.15, 0.2) is 35.1 Å². The number of aromatic nitrogens is 3. The Hall–Kier alpha value is -1.20. The molecule has 0 bridgehead atoms. The van der Waals surface area contributed by atoms with E-state index >= 15 is 0 Å². The molecule has 1 aromatic heterocycles. The molecular weight excluding hydrogens is 294 g/mol. The lowest BCUT2D eigenvalue weighted by Gasteiger charge is -2.10. The Morgan fingerprint density at radius 1 is 1.28 bits per heavy atom. The number of aliphatic hydroxyl groups excluding tert-OH is 1. The van der Waals surface area contributed by atoms with Crippen LogP contribution in [0.5, 0.6) is 0 Å². The molecule has 2 aromatic rings. The van der Waals surface area contributed by atoms with Gasteiger partial charge in [-0.1, -0.05) is 28.1 Å². The number of aliphatic hydroxyl groups is 1. The van der Waals surface area contributed by atoms with Crippen LogP contribution in [0.2, 0.25) is 0 Å². The molecule has 0 saturated carbocycles. The van der Waals surface area contributed by atoms with E-state index in [0.29, 0.717) is 12.8 Å². The lowest BCUT2D eigenvalue weighted by Crippen LogP contribution is -2.17. The number of hydrogen-bond donors (Lipinski definition) is 1. The molecule has 5 heteroatoms. The predicted octanol–water partition coefficient (Wildman–Crippen LogP) is 2.21. The van der Waals surface area contributed by atoms with Gasteiger partial charge in [-0.05, 0) is 31.0 Å². The standard InChI is InChI=1S/C13H16BrN3O/c1-2-17-13(15-9-16-17)8-12(18)7-10-3-5-11(14)6-4-10/h3-6,9,12,18H,2,7-8H2,1H3. The summed E-state index contributed by atoms with van der Waals surface area (Å²) in [6.07, 6.45) is 2.26. The normalized spacial score (nSPS) is 12.6. The van der Waals surface area contributed by atoms with E-state index in [1.807, 2.05) is 35.9 Å². The molecule has 96 valence electrons. The van der Waals surface area contributed by atoms with Crippen LogP contribution in [0, 0.1) is 0 Å². The van der Waals surface area contributed by atoms with Crippen LogP contribution in [0.4, 0.5) is 0 Å². The molecule has 18 heavy (non-hydrogen) atoms. The highest BCUT2D eigenvalue weighted by molar-refractivity contribution is 9.10. The summed E-state index contributed by atoms with van der Waals surface area (Å²) in [6, 6.07) is 7.99. The number of hydrogen-bond acceptors (Lipinski definition) is 3. The van der Waals surface area contributed by atoms with E-state index in [-0.39, 0.29) is 0 Å². The number of rotatable bonds is 5. The lowest BCUT2D eigenvalue weighted by molar-refractivity contribution is 0.171. The molecule has 0 radical (unpaired) electrons. The van der Waals surface area contributed by atoms with E-state index in [0.717, 1.165) is 22.4 Å². The zero-order valence-electron chi connectivity index (χ0n) is 10.3. The molecule has 1 N–H and O–H groups in total.